The molecule has 2 aliphatic rings. The Morgan fingerprint density at radius 2 is 1.97 bits per heavy atom. The van der Waals surface area contributed by atoms with Crippen LogP contribution >= 0.6 is 11.8 Å². The summed E-state index contributed by atoms with van der Waals surface area (Å²) in [5, 5.41) is 9.99. The molecule has 3 rings (SSSR count). The van der Waals surface area contributed by atoms with Gasteiger partial charge in [0, 0.05) is 0 Å². The number of nitrogens with two attached hydrogens (primary N) is 1. The van der Waals surface area contributed by atoms with E-state index in [2.05, 4.69) is 11.1 Å². The number of esters is 2. The van der Waals surface area contributed by atoms with Crippen LogP contribution in [0.5, 0.6) is 0 Å². The van der Waals surface area contributed by atoms with Crippen molar-refractivity contribution in [2.45, 2.75) is 32.7 Å². The molecule has 0 amide bonds. The van der Waals surface area contributed by atoms with E-state index in [1.54, 1.807) is 36.1 Å². The fraction of sp³-hybridized carbons (Fsp3) is 0.333. The molecule has 0 saturated carbocycles. The minimum atomic E-state index is -0.622. The van der Waals surface area contributed by atoms with Gasteiger partial charge in [-0.3, -0.25) is 4.90 Å². The summed E-state index contributed by atoms with van der Waals surface area (Å²) in [5.41, 5.74) is 8.36. The van der Waals surface area contributed by atoms with Crippen LogP contribution < -0.4 is 5.73 Å². The Kier molecular flexibility index (Phi) is 6.47. The maximum Gasteiger partial charge on any atom is 0.338 e. The van der Waals surface area contributed by atoms with E-state index in [-0.39, 0.29) is 12.4 Å². The molecular weight excluding hydrogens is 404 g/mol. The first-order valence-electron chi connectivity index (χ1n) is 9.50. The van der Waals surface area contributed by atoms with Gasteiger partial charge in [0.05, 0.1) is 36.6 Å². The molecule has 0 spiro atoms. The topological polar surface area (TPSA) is 118 Å². The highest BCUT2D eigenvalue weighted by atomic mass is 32.2. The molecule has 1 aromatic rings. The summed E-state index contributed by atoms with van der Waals surface area (Å²) in [5.74, 6) is -0.696. The van der Waals surface area contributed by atoms with Gasteiger partial charge < -0.3 is 15.2 Å². The number of rotatable bonds is 6. The maximum absolute atomic E-state index is 13.0. The number of benzene rings is 1. The van der Waals surface area contributed by atoms with Crippen LogP contribution in [0.2, 0.25) is 0 Å². The fourth-order valence-corrected chi connectivity index (χ4v) is 4.26. The zero-order valence-corrected chi connectivity index (χ0v) is 17.8. The SMILES string of the molecule is CCCC1=C(C(=O)OCC)[C@H](c2ccc(C(=O)OC)cc2)N2C(=N1)SC(C#N)=C2N. The molecule has 2 heterocycles. The second-order valence-electron chi connectivity index (χ2n) is 6.54. The van der Waals surface area contributed by atoms with E-state index in [0.717, 1.165) is 12.0 Å². The number of ether oxygens (including phenoxy) is 2. The lowest BCUT2D eigenvalue weighted by atomic mass is 9.92. The molecule has 2 N–H and O–H groups in total. The first-order valence-corrected chi connectivity index (χ1v) is 10.3. The molecule has 0 aliphatic carbocycles. The van der Waals surface area contributed by atoms with Gasteiger partial charge in [-0.15, -0.1) is 0 Å². The molecule has 9 heteroatoms. The van der Waals surface area contributed by atoms with Crippen molar-refractivity contribution in [2.75, 3.05) is 13.7 Å². The average molecular weight is 426 g/mol. The van der Waals surface area contributed by atoms with Crippen LogP contribution in [0.1, 0.15) is 48.7 Å². The smallest absolute Gasteiger partial charge is 0.338 e. The number of carbonyl (C=O) groups is 2. The Labute approximate surface area is 179 Å². The third-order valence-electron chi connectivity index (χ3n) is 4.70. The summed E-state index contributed by atoms with van der Waals surface area (Å²) in [6.45, 7) is 3.96. The van der Waals surface area contributed by atoms with Crippen molar-refractivity contribution in [1.82, 2.24) is 4.90 Å². The third-order valence-corrected chi connectivity index (χ3v) is 5.67. The van der Waals surface area contributed by atoms with Crippen molar-refractivity contribution in [2.24, 2.45) is 10.7 Å². The molecule has 2 aliphatic heterocycles. The lowest BCUT2D eigenvalue weighted by molar-refractivity contribution is -0.139. The van der Waals surface area contributed by atoms with Gasteiger partial charge in [-0.25, -0.2) is 14.6 Å². The molecular formula is C21H22N4O4S. The lowest BCUT2D eigenvalue weighted by Crippen LogP contribution is -2.39. The Morgan fingerprint density at radius 3 is 2.53 bits per heavy atom. The molecule has 8 nitrogen and oxygen atoms in total. The van der Waals surface area contributed by atoms with Gasteiger partial charge in [0.2, 0.25) is 0 Å². The molecule has 0 bridgehead atoms. The number of aliphatic imine (C=N–C) groups is 1. The minimum Gasteiger partial charge on any atom is -0.465 e. The summed E-state index contributed by atoms with van der Waals surface area (Å²) in [4.78, 5) is 31.4. The third kappa shape index (κ3) is 3.78. The van der Waals surface area contributed by atoms with Gasteiger partial charge in [0.1, 0.15) is 16.8 Å². The second-order valence-corrected chi connectivity index (χ2v) is 7.52. The van der Waals surface area contributed by atoms with Crippen LogP contribution in [0.4, 0.5) is 0 Å². The average Bonchev–Trinajstić information content (AvgIpc) is 3.08. The highest BCUT2D eigenvalue weighted by Gasteiger charge is 2.43. The van der Waals surface area contributed by atoms with E-state index in [1.807, 2.05) is 6.92 Å². The lowest BCUT2D eigenvalue weighted by Gasteiger charge is -2.35. The molecule has 1 aromatic carbocycles. The number of nitrogens with zero attached hydrogens (tertiary/aromatic N) is 3. The van der Waals surface area contributed by atoms with Gasteiger partial charge >= 0.3 is 11.9 Å². The number of thioether (sulfide) groups is 1. The van der Waals surface area contributed by atoms with Crippen molar-refractivity contribution in [3.05, 3.63) is 57.4 Å². The Bertz CT molecular complexity index is 1000. The predicted octanol–water partition coefficient (Wildman–Crippen LogP) is 3.20. The van der Waals surface area contributed by atoms with Crippen molar-refractivity contribution >= 4 is 28.9 Å². The van der Waals surface area contributed by atoms with E-state index in [0.29, 0.717) is 33.3 Å². The molecule has 30 heavy (non-hydrogen) atoms. The van der Waals surface area contributed by atoms with Crippen LogP contribution in [0, 0.1) is 11.3 Å². The molecule has 0 aromatic heterocycles. The maximum atomic E-state index is 13.0. The monoisotopic (exact) mass is 426 g/mol. The first-order chi connectivity index (χ1) is 14.5. The largest absolute Gasteiger partial charge is 0.465 e. The second kappa shape index (κ2) is 9.05. The number of carbonyl (C=O) groups excluding carboxylic acids is 2. The number of amidine groups is 1. The van der Waals surface area contributed by atoms with Gasteiger partial charge in [-0.05, 0) is 42.8 Å². The molecule has 0 fully saturated rings. The van der Waals surface area contributed by atoms with Crippen LogP contribution in [-0.2, 0) is 14.3 Å². The Hall–Kier alpha value is -3.25. The predicted molar refractivity (Wildman–Crippen MR) is 113 cm³/mol. The molecule has 0 saturated heterocycles. The standard InChI is InChI=1S/C21H22N4O4S/c1-4-6-14-16(20(27)29-5-2)17(12-7-9-13(10-8-12)19(26)28-3)25-18(23)15(11-22)30-21(25)24-14/h7-10,17H,4-6,23H2,1-3H3/t17-/m0/s1. The van der Waals surface area contributed by atoms with Gasteiger partial charge in [0.15, 0.2) is 5.17 Å². The van der Waals surface area contributed by atoms with Crippen LogP contribution in [0.3, 0.4) is 0 Å². The first kappa shape index (κ1) is 21.5. The van der Waals surface area contributed by atoms with E-state index >= 15 is 0 Å². The van der Waals surface area contributed by atoms with Crippen molar-refractivity contribution in [1.29, 1.82) is 5.26 Å². The zero-order chi connectivity index (χ0) is 21.8. The molecule has 1 atom stereocenters. The normalized spacial score (nSPS) is 18.0. The molecule has 156 valence electrons. The Balaban J connectivity index is 2.18. The van der Waals surface area contributed by atoms with Crippen molar-refractivity contribution in [3.8, 4) is 6.07 Å². The van der Waals surface area contributed by atoms with Crippen molar-refractivity contribution in [3.63, 3.8) is 0 Å². The number of hydrogen-bond donors (Lipinski definition) is 1. The van der Waals surface area contributed by atoms with Gasteiger partial charge in [-0.2, -0.15) is 5.26 Å². The summed E-state index contributed by atoms with van der Waals surface area (Å²) in [6, 6.07) is 8.21. The van der Waals surface area contributed by atoms with Gasteiger partial charge in [0.25, 0.3) is 0 Å². The van der Waals surface area contributed by atoms with E-state index in [9.17, 15) is 14.9 Å². The van der Waals surface area contributed by atoms with Crippen molar-refractivity contribution < 1.29 is 19.1 Å². The Morgan fingerprint density at radius 1 is 1.27 bits per heavy atom. The highest BCUT2D eigenvalue weighted by Crippen LogP contribution is 2.46. The summed E-state index contributed by atoms with van der Waals surface area (Å²) in [6.07, 6.45) is 1.35. The van der Waals surface area contributed by atoms with E-state index in [4.69, 9.17) is 15.2 Å². The number of nitriles is 1. The molecule has 0 unspecified atom stereocenters. The number of allylic oxidation sites excluding steroid dienone is 2. The number of hydrogen-bond acceptors (Lipinski definition) is 9. The summed E-state index contributed by atoms with van der Waals surface area (Å²) in [7, 11) is 1.31. The highest BCUT2D eigenvalue weighted by molar-refractivity contribution is 8.17. The van der Waals surface area contributed by atoms with Gasteiger partial charge in [-0.1, -0.05) is 25.5 Å². The van der Waals surface area contributed by atoms with E-state index < -0.39 is 18.0 Å². The zero-order valence-electron chi connectivity index (χ0n) is 17.0. The minimum absolute atomic E-state index is 0.218. The quantitative estimate of drug-likeness (QED) is 0.689. The van der Waals surface area contributed by atoms with Crippen LogP contribution in [0.15, 0.2) is 51.3 Å². The van der Waals surface area contributed by atoms with Crippen LogP contribution in [-0.4, -0.2) is 35.7 Å². The number of fused-ring (bicyclic) bond motifs is 1. The fourth-order valence-electron chi connectivity index (χ4n) is 3.37. The van der Waals surface area contributed by atoms with E-state index in [1.165, 1.54) is 18.9 Å². The van der Waals surface area contributed by atoms with Crippen LogP contribution in [0.25, 0.3) is 0 Å². The number of methoxy groups -OCH3 is 1. The molecule has 0 radical (unpaired) electrons. The summed E-state index contributed by atoms with van der Waals surface area (Å²) >= 11 is 1.18. The summed E-state index contributed by atoms with van der Waals surface area (Å²) < 4.78 is 10.1.